The highest BCUT2D eigenvalue weighted by molar-refractivity contribution is 9.10. The number of piperidine rings is 1. The van der Waals surface area contributed by atoms with Gasteiger partial charge in [0.15, 0.2) is 0 Å². The Morgan fingerprint density at radius 2 is 2.07 bits per heavy atom. The zero-order chi connectivity index (χ0) is 19.7. The molecule has 144 valence electrons. The Kier molecular flexibility index (Phi) is 5.50. The lowest BCUT2D eigenvalue weighted by Gasteiger charge is -2.35. The van der Waals surface area contributed by atoms with Crippen LogP contribution < -0.4 is 10.6 Å². The monoisotopic (exact) mass is 435 g/mol. The number of primary amides is 1. The van der Waals surface area contributed by atoms with Crippen LogP contribution in [0.1, 0.15) is 54.8 Å². The number of pyridine rings is 1. The molecule has 0 atom stereocenters. The van der Waals surface area contributed by atoms with Gasteiger partial charge in [-0.3, -0.25) is 14.9 Å². The van der Waals surface area contributed by atoms with Crippen molar-refractivity contribution in [1.82, 2.24) is 9.55 Å². The van der Waals surface area contributed by atoms with Gasteiger partial charge in [-0.1, -0.05) is 13.8 Å². The van der Waals surface area contributed by atoms with E-state index in [1.807, 2.05) is 9.47 Å². The SMILES string of the molecule is CC(C)c1c(Br)cc(C(N)=O)n1C1CCN(c2ncccc2[N+](=O)[O-])CC1. The van der Waals surface area contributed by atoms with Crippen molar-refractivity contribution in [2.45, 2.75) is 38.6 Å². The fourth-order valence-electron chi connectivity index (χ4n) is 3.76. The van der Waals surface area contributed by atoms with Crippen LogP contribution in [0.2, 0.25) is 0 Å². The van der Waals surface area contributed by atoms with Crippen LogP contribution in [-0.4, -0.2) is 33.5 Å². The normalized spacial score (nSPS) is 15.3. The van der Waals surface area contributed by atoms with Crippen LogP contribution in [0.3, 0.4) is 0 Å². The van der Waals surface area contributed by atoms with Gasteiger partial charge in [0.25, 0.3) is 5.91 Å². The maximum Gasteiger partial charge on any atom is 0.311 e. The third-order valence-electron chi connectivity index (χ3n) is 4.92. The number of nitrogens with two attached hydrogens (primary N) is 1. The number of hydrogen-bond acceptors (Lipinski definition) is 5. The number of hydrogen-bond donors (Lipinski definition) is 1. The molecule has 2 N–H and O–H groups in total. The summed E-state index contributed by atoms with van der Waals surface area (Å²) in [7, 11) is 0. The first-order chi connectivity index (χ1) is 12.8. The lowest BCUT2D eigenvalue weighted by Crippen LogP contribution is -2.37. The van der Waals surface area contributed by atoms with Crippen molar-refractivity contribution in [3.05, 3.63) is 50.4 Å². The molecule has 1 amide bonds. The van der Waals surface area contributed by atoms with Crippen molar-refractivity contribution >= 4 is 33.3 Å². The molecule has 0 aliphatic carbocycles. The minimum atomic E-state index is -0.453. The van der Waals surface area contributed by atoms with Gasteiger partial charge in [0.1, 0.15) is 5.69 Å². The van der Waals surface area contributed by atoms with Crippen molar-refractivity contribution in [2.24, 2.45) is 5.73 Å². The van der Waals surface area contributed by atoms with E-state index in [2.05, 4.69) is 34.8 Å². The average Bonchev–Trinajstić information content (AvgIpc) is 2.99. The number of carbonyl (C=O) groups is 1. The van der Waals surface area contributed by atoms with E-state index in [0.717, 1.165) is 23.0 Å². The number of rotatable bonds is 5. The Balaban J connectivity index is 1.87. The van der Waals surface area contributed by atoms with E-state index in [-0.39, 0.29) is 17.6 Å². The summed E-state index contributed by atoms with van der Waals surface area (Å²) in [6.45, 7) is 5.39. The number of anilines is 1. The van der Waals surface area contributed by atoms with Crippen molar-refractivity contribution in [3.63, 3.8) is 0 Å². The predicted octanol–water partition coefficient (Wildman–Crippen LogP) is 3.62. The molecule has 0 radical (unpaired) electrons. The van der Waals surface area contributed by atoms with E-state index in [1.165, 1.54) is 6.07 Å². The van der Waals surface area contributed by atoms with Gasteiger partial charge in [-0.2, -0.15) is 0 Å². The zero-order valence-electron chi connectivity index (χ0n) is 15.3. The van der Waals surface area contributed by atoms with Gasteiger partial charge in [0.2, 0.25) is 5.82 Å². The molecule has 0 bridgehead atoms. The Hall–Kier alpha value is -2.42. The first-order valence-electron chi connectivity index (χ1n) is 8.86. The Morgan fingerprint density at radius 1 is 1.41 bits per heavy atom. The van der Waals surface area contributed by atoms with E-state index in [0.29, 0.717) is 24.6 Å². The number of nitro groups is 1. The highest BCUT2D eigenvalue weighted by atomic mass is 79.9. The van der Waals surface area contributed by atoms with Crippen LogP contribution in [0.25, 0.3) is 0 Å². The number of nitrogens with zero attached hydrogens (tertiary/aromatic N) is 4. The highest BCUT2D eigenvalue weighted by Gasteiger charge is 2.30. The van der Waals surface area contributed by atoms with Crippen molar-refractivity contribution in [1.29, 1.82) is 0 Å². The molecule has 3 rings (SSSR count). The summed E-state index contributed by atoms with van der Waals surface area (Å²) < 4.78 is 2.93. The number of halogens is 1. The zero-order valence-corrected chi connectivity index (χ0v) is 16.8. The van der Waals surface area contributed by atoms with Crippen LogP contribution in [0, 0.1) is 10.1 Å². The molecular formula is C18H22BrN5O3. The first kappa shape index (κ1) is 19.3. The fourth-order valence-corrected chi connectivity index (χ4v) is 4.62. The quantitative estimate of drug-likeness (QED) is 0.569. The van der Waals surface area contributed by atoms with Crippen molar-refractivity contribution in [2.75, 3.05) is 18.0 Å². The summed E-state index contributed by atoms with van der Waals surface area (Å²) in [6, 6.07) is 4.93. The van der Waals surface area contributed by atoms with Gasteiger partial charge in [0, 0.05) is 41.6 Å². The van der Waals surface area contributed by atoms with Crippen LogP contribution in [0.15, 0.2) is 28.9 Å². The fraction of sp³-hybridized carbons (Fsp3) is 0.444. The Morgan fingerprint density at radius 3 is 2.63 bits per heavy atom. The van der Waals surface area contributed by atoms with Gasteiger partial charge < -0.3 is 15.2 Å². The van der Waals surface area contributed by atoms with Gasteiger partial charge in [0.05, 0.1) is 4.92 Å². The lowest BCUT2D eigenvalue weighted by atomic mass is 10.0. The van der Waals surface area contributed by atoms with E-state index in [1.54, 1.807) is 18.3 Å². The van der Waals surface area contributed by atoms with Crippen LogP contribution in [0.5, 0.6) is 0 Å². The summed E-state index contributed by atoms with van der Waals surface area (Å²) in [5, 5.41) is 11.3. The summed E-state index contributed by atoms with van der Waals surface area (Å²) in [4.78, 5) is 29.0. The van der Waals surface area contributed by atoms with Crippen LogP contribution in [0.4, 0.5) is 11.5 Å². The Bertz CT molecular complexity index is 872. The topological polar surface area (TPSA) is 107 Å². The molecule has 0 saturated carbocycles. The second-order valence-corrected chi connectivity index (χ2v) is 7.83. The molecular weight excluding hydrogens is 414 g/mol. The summed E-state index contributed by atoms with van der Waals surface area (Å²) >= 11 is 3.55. The second kappa shape index (κ2) is 7.67. The number of aromatic nitrogens is 2. The molecule has 0 aromatic carbocycles. The lowest BCUT2D eigenvalue weighted by molar-refractivity contribution is -0.384. The molecule has 8 nitrogen and oxygen atoms in total. The number of carbonyl (C=O) groups excluding carboxylic acids is 1. The van der Waals surface area contributed by atoms with E-state index in [9.17, 15) is 14.9 Å². The molecule has 2 aromatic rings. The molecule has 1 saturated heterocycles. The standard InChI is InChI=1S/C18H22BrN5O3/c1-11(2)16-13(19)10-15(17(20)25)23(16)12-5-8-22(9-6-12)18-14(24(26)27)4-3-7-21-18/h3-4,7,10-12H,5-6,8-9H2,1-2H3,(H2,20,25). The van der Waals surface area contributed by atoms with Gasteiger partial charge in [-0.15, -0.1) is 0 Å². The van der Waals surface area contributed by atoms with Crippen molar-refractivity contribution < 1.29 is 9.72 Å². The van der Waals surface area contributed by atoms with E-state index in [4.69, 9.17) is 5.73 Å². The minimum absolute atomic E-state index is 0.0142. The number of amides is 1. The van der Waals surface area contributed by atoms with Gasteiger partial charge in [-0.25, -0.2) is 4.98 Å². The molecule has 27 heavy (non-hydrogen) atoms. The van der Waals surface area contributed by atoms with Crippen molar-refractivity contribution in [3.8, 4) is 0 Å². The van der Waals surface area contributed by atoms with Gasteiger partial charge in [-0.05, 0) is 46.8 Å². The van der Waals surface area contributed by atoms with E-state index < -0.39 is 10.8 Å². The maximum absolute atomic E-state index is 11.9. The molecule has 0 unspecified atom stereocenters. The minimum Gasteiger partial charge on any atom is -0.364 e. The first-order valence-corrected chi connectivity index (χ1v) is 9.65. The predicted molar refractivity (Wildman–Crippen MR) is 106 cm³/mol. The third kappa shape index (κ3) is 3.69. The average molecular weight is 436 g/mol. The maximum atomic E-state index is 11.9. The van der Waals surface area contributed by atoms with E-state index >= 15 is 0 Å². The summed E-state index contributed by atoms with van der Waals surface area (Å²) in [5.41, 5.74) is 7.15. The Labute approximate surface area is 165 Å². The molecule has 1 fully saturated rings. The largest absolute Gasteiger partial charge is 0.364 e. The van der Waals surface area contributed by atoms with Crippen LogP contribution >= 0.6 is 15.9 Å². The molecule has 2 aromatic heterocycles. The van der Waals surface area contributed by atoms with Gasteiger partial charge >= 0.3 is 5.69 Å². The second-order valence-electron chi connectivity index (χ2n) is 6.97. The molecule has 0 spiro atoms. The van der Waals surface area contributed by atoms with Crippen LogP contribution in [-0.2, 0) is 0 Å². The smallest absolute Gasteiger partial charge is 0.311 e. The molecule has 9 heteroatoms. The summed E-state index contributed by atoms with van der Waals surface area (Å²) in [6.07, 6.45) is 3.06. The summed E-state index contributed by atoms with van der Waals surface area (Å²) in [5.74, 6) is 0.168. The molecule has 1 aliphatic rings. The third-order valence-corrected chi connectivity index (χ3v) is 5.55. The highest BCUT2D eigenvalue weighted by Crippen LogP contribution is 2.36. The molecule has 1 aliphatic heterocycles. The molecule has 3 heterocycles.